The van der Waals surface area contributed by atoms with Crippen LogP contribution in [0.1, 0.15) is 11.1 Å². The Morgan fingerprint density at radius 3 is 2.23 bits per heavy atom. The molecule has 6 heteroatoms. The van der Waals surface area contributed by atoms with Crippen LogP contribution in [-0.4, -0.2) is 36.4 Å². The van der Waals surface area contributed by atoms with Crippen LogP contribution in [0.2, 0.25) is 0 Å². The van der Waals surface area contributed by atoms with Crippen LogP contribution in [0.4, 0.5) is 5.69 Å². The molecule has 0 spiro atoms. The number of aliphatic hydroxyl groups is 1. The summed E-state index contributed by atoms with van der Waals surface area (Å²) in [5, 5.41) is 9.15. The Bertz CT molecular complexity index is 856. The molecular weight excluding hydrogens is 350 g/mol. The summed E-state index contributed by atoms with van der Waals surface area (Å²) >= 11 is 1.20. The first kappa shape index (κ1) is 18.2. The van der Waals surface area contributed by atoms with Gasteiger partial charge in [-0.3, -0.25) is 9.59 Å². The third-order valence-corrected chi connectivity index (χ3v) is 5.10. The van der Waals surface area contributed by atoms with Crippen molar-refractivity contribution in [1.29, 1.82) is 0 Å². The van der Waals surface area contributed by atoms with Gasteiger partial charge in [0.1, 0.15) is 5.75 Å². The van der Waals surface area contributed by atoms with Crippen LogP contribution >= 0.6 is 11.8 Å². The third-order valence-electron chi connectivity index (χ3n) is 4.05. The number of nitrogens with zero attached hydrogens (tertiary/aromatic N) is 1. The highest BCUT2D eigenvalue weighted by atomic mass is 32.2. The van der Waals surface area contributed by atoms with Gasteiger partial charge in [-0.25, -0.2) is 4.90 Å². The summed E-state index contributed by atoms with van der Waals surface area (Å²) in [5.41, 5.74) is 2.64. The maximum atomic E-state index is 13.1. The zero-order valence-electron chi connectivity index (χ0n) is 14.6. The highest BCUT2D eigenvalue weighted by Gasteiger charge is 2.40. The van der Waals surface area contributed by atoms with Gasteiger partial charge in [0, 0.05) is 5.75 Å². The molecule has 0 aromatic heterocycles. The molecule has 5 nitrogen and oxygen atoms in total. The van der Waals surface area contributed by atoms with E-state index in [2.05, 4.69) is 0 Å². The number of aryl methyl sites for hydroxylation is 1. The smallest absolute Gasteiger partial charge is 0.272 e. The summed E-state index contributed by atoms with van der Waals surface area (Å²) in [6.07, 6.45) is 0. The van der Waals surface area contributed by atoms with Crippen molar-refractivity contribution in [3.63, 3.8) is 0 Å². The number of ether oxygens (including phenoxy) is 1. The van der Waals surface area contributed by atoms with Crippen LogP contribution < -0.4 is 9.64 Å². The largest absolute Gasteiger partial charge is 0.497 e. The maximum absolute atomic E-state index is 13.1. The second-order valence-corrected chi connectivity index (χ2v) is 6.89. The van der Waals surface area contributed by atoms with Crippen molar-refractivity contribution in [2.24, 2.45) is 0 Å². The summed E-state index contributed by atoms with van der Waals surface area (Å²) < 4.78 is 5.13. The van der Waals surface area contributed by atoms with E-state index >= 15 is 0 Å². The lowest BCUT2D eigenvalue weighted by atomic mass is 10.0. The minimum absolute atomic E-state index is 0.0701. The third kappa shape index (κ3) is 3.38. The number of anilines is 1. The minimum Gasteiger partial charge on any atom is -0.497 e. The van der Waals surface area contributed by atoms with E-state index in [4.69, 9.17) is 9.84 Å². The Balaban J connectivity index is 2.03. The zero-order chi connectivity index (χ0) is 18.7. The van der Waals surface area contributed by atoms with E-state index < -0.39 is 0 Å². The fourth-order valence-corrected chi connectivity index (χ4v) is 3.59. The van der Waals surface area contributed by atoms with Crippen LogP contribution in [0.5, 0.6) is 5.75 Å². The number of hydrogen-bond acceptors (Lipinski definition) is 5. The molecule has 0 fully saturated rings. The van der Waals surface area contributed by atoms with E-state index in [1.165, 1.54) is 16.7 Å². The van der Waals surface area contributed by atoms with E-state index in [9.17, 15) is 9.59 Å². The molecule has 0 aliphatic carbocycles. The highest BCUT2D eigenvalue weighted by Crippen LogP contribution is 2.38. The first-order chi connectivity index (χ1) is 12.6. The molecule has 26 heavy (non-hydrogen) atoms. The molecule has 1 heterocycles. The quantitative estimate of drug-likeness (QED) is 0.793. The van der Waals surface area contributed by atoms with Gasteiger partial charge < -0.3 is 9.84 Å². The number of hydrogen-bond donors (Lipinski definition) is 1. The van der Waals surface area contributed by atoms with Gasteiger partial charge in [-0.1, -0.05) is 29.8 Å². The van der Waals surface area contributed by atoms with Crippen molar-refractivity contribution in [2.75, 3.05) is 24.4 Å². The Morgan fingerprint density at radius 1 is 1.00 bits per heavy atom. The van der Waals surface area contributed by atoms with Gasteiger partial charge in [-0.15, -0.1) is 11.8 Å². The Hall–Kier alpha value is -2.57. The fraction of sp³-hybridized carbons (Fsp3) is 0.200. The molecule has 0 radical (unpaired) electrons. The average molecular weight is 369 g/mol. The second-order valence-electron chi connectivity index (χ2n) is 5.79. The van der Waals surface area contributed by atoms with Gasteiger partial charge >= 0.3 is 0 Å². The lowest BCUT2D eigenvalue weighted by Gasteiger charge is -2.15. The first-order valence-electron chi connectivity index (χ1n) is 8.14. The molecule has 134 valence electrons. The SMILES string of the molecule is COc1ccc(N2C(=O)C(SCCO)=C(c3ccc(C)cc3)C2=O)cc1. The van der Waals surface area contributed by atoms with Crippen molar-refractivity contribution in [2.45, 2.75) is 6.92 Å². The number of carbonyl (C=O) groups excluding carboxylic acids is 2. The van der Waals surface area contributed by atoms with E-state index in [1.54, 1.807) is 31.4 Å². The molecule has 0 bridgehead atoms. The predicted octanol–water partition coefficient (Wildman–Crippen LogP) is 3.01. The van der Waals surface area contributed by atoms with E-state index in [1.807, 2.05) is 31.2 Å². The van der Waals surface area contributed by atoms with Gasteiger partial charge in [0.15, 0.2) is 0 Å². The van der Waals surface area contributed by atoms with Crippen LogP contribution in [0.15, 0.2) is 53.4 Å². The second kappa shape index (κ2) is 7.76. The molecule has 0 saturated carbocycles. The number of thioether (sulfide) groups is 1. The maximum Gasteiger partial charge on any atom is 0.272 e. The van der Waals surface area contributed by atoms with Gasteiger partial charge in [0.25, 0.3) is 11.8 Å². The molecule has 2 aromatic rings. The van der Waals surface area contributed by atoms with E-state index in [0.717, 1.165) is 5.56 Å². The van der Waals surface area contributed by atoms with Crippen LogP contribution in [0, 0.1) is 6.92 Å². The summed E-state index contributed by atoms with van der Waals surface area (Å²) in [6, 6.07) is 14.3. The van der Waals surface area contributed by atoms with Crippen LogP contribution in [-0.2, 0) is 9.59 Å². The Kier molecular flexibility index (Phi) is 5.44. The topological polar surface area (TPSA) is 66.8 Å². The van der Waals surface area contributed by atoms with E-state index in [-0.39, 0.29) is 18.4 Å². The molecule has 2 aromatic carbocycles. The van der Waals surface area contributed by atoms with Gasteiger partial charge in [-0.05, 0) is 36.8 Å². The molecule has 1 N–H and O–H groups in total. The first-order valence-corrected chi connectivity index (χ1v) is 9.13. The predicted molar refractivity (Wildman–Crippen MR) is 103 cm³/mol. The van der Waals surface area contributed by atoms with Crippen LogP contribution in [0.3, 0.4) is 0 Å². The van der Waals surface area contributed by atoms with E-state index in [0.29, 0.717) is 33.2 Å². The summed E-state index contributed by atoms with van der Waals surface area (Å²) in [4.78, 5) is 27.6. The Morgan fingerprint density at radius 2 is 1.65 bits per heavy atom. The molecule has 0 unspecified atom stereocenters. The normalized spacial score (nSPS) is 14.3. The molecule has 0 atom stereocenters. The molecule has 0 saturated heterocycles. The fourth-order valence-electron chi connectivity index (χ4n) is 2.73. The molecule has 1 aliphatic heterocycles. The standard InChI is InChI=1S/C20H19NO4S/c1-13-3-5-14(6-4-13)17-18(26-12-11-22)20(24)21(19(17)23)15-7-9-16(25-2)10-8-15/h3-10,22H,11-12H2,1-2H3. The molecule has 2 amide bonds. The molecule has 1 aliphatic rings. The van der Waals surface area contributed by atoms with Crippen molar-refractivity contribution in [3.8, 4) is 5.75 Å². The van der Waals surface area contributed by atoms with Crippen LogP contribution in [0.25, 0.3) is 5.57 Å². The monoisotopic (exact) mass is 369 g/mol. The van der Waals surface area contributed by atoms with Gasteiger partial charge in [0.05, 0.1) is 29.9 Å². The number of carbonyl (C=O) groups is 2. The van der Waals surface area contributed by atoms with Gasteiger partial charge in [-0.2, -0.15) is 0 Å². The number of methoxy groups -OCH3 is 1. The number of aliphatic hydroxyl groups excluding tert-OH is 1. The lowest BCUT2D eigenvalue weighted by molar-refractivity contribution is -0.119. The lowest BCUT2D eigenvalue weighted by Crippen LogP contribution is -2.31. The van der Waals surface area contributed by atoms with Crippen molar-refractivity contribution in [3.05, 3.63) is 64.6 Å². The number of rotatable bonds is 6. The number of amides is 2. The number of benzene rings is 2. The average Bonchev–Trinajstić information content (AvgIpc) is 2.91. The van der Waals surface area contributed by atoms with Gasteiger partial charge in [0.2, 0.25) is 0 Å². The van der Waals surface area contributed by atoms with Crippen molar-refractivity contribution in [1.82, 2.24) is 0 Å². The summed E-state index contributed by atoms with van der Waals surface area (Å²) in [5.74, 6) is 0.272. The molecule has 3 rings (SSSR count). The Labute approximate surface area is 156 Å². The van der Waals surface area contributed by atoms with Crippen molar-refractivity contribution < 1.29 is 19.4 Å². The zero-order valence-corrected chi connectivity index (χ0v) is 15.4. The molecular formula is C20H19NO4S. The minimum atomic E-state index is -0.366. The summed E-state index contributed by atoms with van der Waals surface area (Å²) in [7, 11) is 1.56. The van der Waals surface area contributed by atoms with Crippen molar-refractivity contribution >= 4 is 34.8 Å². The highest BCUT2D eigenvalue weighted by molar-refractivity contribution is 8.04. The number of imide groups is 1. The summed E-state index contributed by atoms with van der Waals surface area (Å²) in [6.45, 7) is 1.89.